The summed E-state index contributed by atoms with van der Waals surface area (Å²) in [5, 5.41) is 0. The van der Waals surface area contributed by atoms with E-state index in [1.807, 2.05) is 12.1 Å². The van der Waals surface area contributed by atoms with Crippen molar-refractivity contribution in [3.05, 3.63) is 53.9 Å². The monoisotopic (exact) mass is 348 g/mol. The van der Waals surface area contributed by atoms with Gasteiger partial charge in [0.1, 0.15) is 0 Å². The molecule has 5 heteroatoms. The maximum absolute atomic E-state index is 12.3. The number of aromatic nitrogens is 2. The van der Waals surface area contributed by atoms with Crippen molar-refractivity contribution in [2.75, 3.05) is 31.1 Å². The zero-order valence-electron chi connectivity index (χ0n) is 15.2. The largest absolute Gasteiger partial charge is 0.337 e. The third-order valence-corrected chi connectivity index (χ3v) is 4.49. The van der Waals surface area contributed by atoms with Gasteiger partial charge in [-0.3, -0.25) is 4.79 Å². The van der Waals surface area contributed by atoms with E-state index in [1.54, 1.807) is 23.4 Å². The molecule has 0 spiro atoms. The highest BCUT2D eigenvalue weighted by atomic mass is 16.2. The van der Waals surface area contributed by atoms with E-state index in [1.165, 1.54) is 18.4 Å². The summed E-state index contributed by atoms with van der Waals surface area (Å²) in [5.41, 5.74) is 2.21. The van der Waals surface area contributed by atoms with Crippen LogP contribution in [0.25, 0.3) is 0 Å². The number of piperazine rings is 1. The van der Waals surface area contributed by atoms with Crippen LogP contribution in [0.5, 0.6) is 0 Å². The van der Waals surface area contributed by atoms with Gasteiger partial charge in [0.15, 0.2) is 0 Å². The molecule has 1 fully saturated rings. The van der Waals surface area contributed by atoms with Crippen LogP contribution in [0.15, 0.2) is 42.7 Å². The maximum Gasteiger partial charge on any atom is 0.298 e. The van der Waals surface area contributed by atoms with E-state index in [0.29, 0.717) is 19.0 Å². The summed E-state index contributed by atoms with van der Waals surface area (Å²) in [5.74, 6) is 6.36. The number of amides is 1. The fourth-order valence-corrected chi connectivity index (χ4v) is 2.90. The summed E-state index contributed by atoms with van der Waals surface area (Å²) >= 11 is 0. The lowest BCUT2D eigenvalue weighted by Gasteiger charge is -2.33. The summed E-state index contributed by atoms with van der Waals surface area (Å²) in [4.78, 5) is 24.7. The van der Waals surface area contributed by atoms with E-state index in [-0.39, 0.29) is 5.91 Å². The standard InChI is InChI=1S/C21H24N4O/c1-2-3-5-18-6-8-19(9-7-18)10-11-20(26)24-14-16-25(17-15-24)21-22-12-4-13-23-21/h4,6-9,12-13H,2-3,5,14-17H2,1H3. The van der Waals surface area contributed by atoms with Crippen LogP contribution in [0.1, 0.15) is 30.9 Å². The highest BCUT2D eigenvalue weighted by Gasteiger charge is 2.21. The quantitative estimate of drug-likeness (QED) is 0.797. The van der Waals surface area contributed by atoms with E-state index in [9.17, 15) is 4.79 Å². The molecular weight excluding hydrogens is 324 g/mol. The molecule has 3 rings (SSSR count). The van der Waals surface area contributed by atoms with Crippen molar-refractivity contribution < 1.29 is 4.79 Å². The van der Waals surface area contributed by atoms with Crippen molar-refractivity contribution in [1.29, 1.82) is 0 Å². The number of carbonyl (C=O) groups excluding carboxylic acids is 1. The second kappa shape index (κ2) is 9.00. The number of aryl methyl sites for hydroxylation is 1. The molecule has 0 bridgehead atoms. The topological polar surface area (TPSA) is 49.3 Å². The molecule has 134 valence electrons. The van der Waals surface area contributed by atoms with Crippen molar-refractivity contribution in [2.45, 2.75) is 26.2 Å². The molecular formula is C21H24N4O. The first-order valence-corrected chi connectivity index (χ1v) is 9.18. The number of anilines is 1. The van der Waals surface area contributed by atoms with Gasteiger partial charge in [-0.25, -0.2) is 9.97 Å². The second-order valence-electron chi connectivity index (χ2n) is 6.38. The Balaban J connectivity index is 1.52. The van der Waals surface area contributed by atoms with E-state index in [0.717, 1.165) is 25.1 Å². The number of benzene rings is 1. The van der Waals surface area contributed by atoms with Crippen molar-refractivity contribution in [3.8, 4) is 11.8 Å². The number of nitrogens with zero attached hydrogens (tertiary/aromatic N) is 4. The molecule has 1 aliphatic rings. The summed E-state index contributed by atoms with van der Waals surface area (Å²) in [6.45, 7) is 4.93. The average Bonchev–Trinajstić information content (AvgIpc) is 2.72. The highest BCUT2D eigenvalue weighted by Crippen LogP contribution is 2.10. The molecule has 5 nitrogen and oxygen atoms in total. The zero-order valence-corrected chi connectivity index (χ0v) is 15.2. The Morgan fingerprint density at radius 1 is 1.08 bits per heavy atom. The van der Waals surface area contributed by atoms with Gasteiger partial charge < -0.3 is 9.80 Å². The van der Waals surface area contributed by atoms with E-state index in [2.05, 4.69) is 45.8 Å². The minimum atomic E-state index is -0.117. The van der Waals surface area contributed by atoms with Crippen LogP contribution in [-0.4, -0.2) is 47.0 Å². The van der Waals surface area contributed by atoms with Gasteiger partial charge in [0.05, 0.1) is 0 Å². The molecule has 1 aromatic carbocycles. The minimum Gasteiger partial charge on any atom is -0.337 e. The maximum atomic E-state index is 12.3. The first kappa shape index (κ1) is 17.9. The molecule has 1 amide bonds. The lowest BCUT2D eigenvalue weighted by atomic mass is 10.1. The van der Waals surface area contributed by atoms with E-state index >= 15 is 0 Å². The Kier molecular flexibility index (Phi) is 6.21. The smallest absolute Gasteiger partial charge is 0.298 e. The Morgan fingerprint density at radius 3 is 2.42 bits per heavy atom. The van der Waals surface area contributed by atoms with Crippen LogP contribution in [0.2, 0.25) is 0 Å². The SMILES string of the molecule is CCCCc1ccc(C#CC(=O)N2CCN(c3ncccn3)CC2)cc1. The molecule has 1 aromatic heterocycles. The number of unbranched alkanes of at least 4 members (excludes halogenated alkanes) is 1. The van der Waals surface area contributed by atoms with Crippen LogP contribution in [0.4, 0.5) is 5.95 Å². The van der Waals surface area contributed by atoms with Crippen LogP contribution in [0, 0.1) is 11.8 Å². The zero-order chi connectivity index (χ0) is 18.2. The predicted molar refractivity (Wildman–Crippen MR) is 103 cm³/mol. The predicted octanol–water partition coefficient (Wildman–Crippen LogP) is 2.52. The van der Waals surface area contributed by atoms with Gasteiger partial charge in [0.2, 0.25) is 5.95 Å². The Bertz CT molecular complexity index is 769. The molecule has 0 N–H and O–H groups in total. The fraction of sp³-hybridized carbons (Fsp3) is 0.381. The van der Waals surface area contributed by atoms with E-state index < -0.39 is 0 Å². The molecule has 0 atom stereocenters. The number of hydrogen-bond acceptors (Lipinski definition) is 4. The Labute approximate surface area is 155 Å². The van der Waals surface area contributed by atoms with Gasteiger partial charge in [-0.2, -0.15) is 0 Å². The lowest BCUT2D eigenvalue weighted by molar-refractivity contribution is -0.125. The molecule has 2 aromatic rings. The van der Waals surface area contributed by atoms with Gasteiger partial charge in [-0.1, -0.05) is 31.4 Å². The Hall–Kier alpha value is -2.87. The molecule has 0 unspecified atom stereocenters. The van der Waals surface area contributed by atoms with Gasteiger partial charge in [0, 0.05) is 50.1 Å². The first-order chi connectivity index (χ1) is 12.8. The highest BCUT2D eigenvalue weighted by molar-refractivity contribution is 5.94. The molecule has 1 aliphatic heterocycles. The third-order valence-electron chi connectivity index (χ3n) is 4.49. The van der Waals surface area contributed by atoms with Gasteiger partial charge in [-0.05, 0) is 36.6 Å². The summed E-state index contributed by atoms with van der Waals surface area (Å²) < 4.78 is 0. The van der Waals surface area contributed by atoms with Crippen molar-refractivity contribution >= 4 is 11.9 Å². The van der Waals surface area contributed by atoms with Crippen LogP contribution in [-0.2, 0) is 11.2 Å². The molecule has 0 aliphatic carbocycles. The van der Waals surface area contributed by atoms with Crippen molar-refractivity contribution in [1.82, 2.24) is 14.9 Å². The normalized spacial score (nSPS) is 13.9. The van der Waals surface area contributed by atoms with Gasteiger partial charge >= 0.3 is 0 Å². The minimum absolute atomic E-state index is 0.117. The fourth-order valence-electron chi connectivity index (χ4n) is 2.90. The third kappa shape index (κ3) is 4.82. The molecule has 1 saturated heterocycles. The Morgan fingerprint density at radius 2 is 1.77 bits per heavy atom. The molecule has 2 heterocycles. The summed E-state index contributed by atoms with van der Waals surface area (Å²) in [6.07, 6.45) is 6.96. The number of hydrogen-bond donors (Lipinski definition) is 0. The summed E-state index contributed by atoms with van der Waals surface area (Å²) in [6, 6.07) is 9.99. The van der Waals surface area contributed by atoms with Crippen LogP contribution < -0.4 is 4.90 Å². The van der Waals surface area contributed by atoms with Crippen LogP contribution >= 0.6 is 0 Å². The lowest BCUT2D eigenvalue weighted by Crippen LogP contribution is -2.49. The summed E-state index contributed by atoms with van der Waals surface area (Å²) in [7, 11) is 0. The van der Waals surface area contributed by atoms with Gasteiger partial charge in [-0.15, -0.1) is 0 Å². The first-order valence-electron chi connectivity index (χ1n) is 9.18. The molecule has 0 saturated carbocycles. The van der Waals surface area contributed by atoms with Crippen molar-refractivity contribution in [3.63, 3.8) is 0 Å². The molecule has 0 radical (unpaired) electrons. The molecule has 26 heavy (non-hydrogen) atoms. The van der Waals surface area contributed by atoms with E-state index in [4.69, 9.17) is 0 Å². The number of rotatable bonds is 4. The average molecular weight is 348 g/mol. The van der Waals surface area contributed by atoms with Crippen LogP contribution in [0.3, 0.4) is 0 Å². The van der Waals surface area contributed by atoms with Gasteiger partial charge in [0.25, 0.3) is 5.91 Å². The second-order valence-corrected chi connectivity index (χ2v) is 6.38. The number of carbonyl (C=O) groups is 1. The van der Waals surface area contributed by atoms with Crippen molar-refractivity contribution in [2.24, 2.45) is 0 Å².